The summed E-state index contributed by atoms with van der Waals surface area (Å²) in [6.45, 7) is 0. The van der Waals surface area contributed by atoms with Crippen molar-refractivity contribution in [2.45, 2.75) is 37.4 Å². The number of carbonyl (C=O) groups excluding carboxylic acids is 1. The number of hydrogen-bond acceptors (Lipinski definition) is 2. The second kappa shape index (κ2) is 5.32. The lowest BCUT2D eigenvalue weighted by molar-refractivity contribution is -0.137. The molecule has 3 N–H and O–H groups in total. The van der Waals surface area contributed by atoms with Gasteiger partial charge in [0.25, 0.3) is 0 Å². The van der Waals surface area contributed by atoms with E-state index in [2.05, 4.69) is 0 Å². The number of primary amides is 1. The molecule has 0 radical (unpaired) electrons. The number of carbonyl (C=O) groups is 1. The van der Waals surface area contributed by atoms with Gasteiger partial charge in [0, 0.05) is 0 Å². The van der Waals surface area contributed by atoms with E-state index in [0.717, 1.165) is 17.7 Å². The van der Waals surface area contributed by atoms with Crippen LogP contribution in [0.15, 0.2) is 24.3 Å². The van der Waals surface area contributed by atoms with Crippen LogP contribution in [0.2, 0.25) is 0 Å². The minimum atomic E-state index is -4.34. The van der Waals surface area contributed by atoms with Crippen LogP contribution in [0.5, 0.6) is 0 Å². The normalized spacial score (nSPS) is 22.8. The van der Waals surface area contributed by atoms with Crippen molar-refractivity contribution in [3.63, 3.8) is 0 Å². The fourth-order valence-electron chi connectivity index (χ4n) is 2.61. The van der Waals surface area contributed by atoms with Gasteiger partial charge in [0.05, 0.1) is 11.6 Å². The van der Waals surface area contributed by atoms with E-state index in [1.54, 1.807) is 0 Å². The molecule has 0 saturated heterocycles. The highest BCUT2D eigenvalue weighted by molar-refractivity contribution is 5.70. The van der Waals surface area contributed by atoms with E-state index in [4.69, 9.17) is 5.73 Å². The number of hydrogen-bond donors (Lipinski definition) is 2. The average Bonchev–Trinajstić information content (AvgIpc) is 2.86. The van der Waals surface area contributed by atoms with Gasteiger partial charge in [0.1, 0.15) is 0 Å². The summed E-state index contributed by atoms with van der Waals surface area (Å²) < 4.78 is 37.4. The summed E-state index contributed by atoms with van der Waals surface area (Å²) in [5, 5.41) is 9.96. The molecular weight excluding hydrogens is 273 g/mol. The Kier molecular flexibility index (Phi) is 3.89. The highest BCUT2D eigenvalue weighted by Gasteiger charge is 2.33. The van der Waals surface area contributed by atoms with Gasteiger partial charge in [0.15, 0.2) is 0 Å². The highest BCUT2D eigenvalue weighted by atomic mass is 19.4. The lowest BCUT2D eigenvalue weighted by Gasteiger charge is -2.20. The van der Waals surface area contributed by atoms with Gasteiger partial charge in [0.2, 0.25) is 0 Å². The first-order chi connectivity index (χ1) is 9.29. The van der Waals surface area contributed by atoms with Crippen LogP contribution in [0.3, 0.4) is 0 Å². The van der Waals surface area contributed by atoms with Gasteiger partial charge in [-0.1, -0.05) is 12.1 Å². The van der Waals surface area contributed by atoms with Gasteiger partial charge < -0.3 is 5.73 Å². The van der Waals surface area contributed by atoms with Crippen LogP contribution in [0.25, 0.3) is 0 Å². The van der Waals surface area contributed by atoms with Crippen molar-refractivity contribution in [3.05, 3.63) is 35.4 Å². The van der Waals surface area contributed by atoms with Crippen LogP contribution in [-0.4, -0.2) is 22.3 Å². The molecule has 20 heavy (non-hydrogen) atoms. The number of alkyl halides is 3. The zero-order valence-electron chi connectivity index (χ0n) is 10.6. The van der Waals surface area contributed by atoms with E-state index < -0.39 is 17.8 Å². The summed E-state index contributed by atoms with van der Waals surface area (Å²) in [6, 6.07) is 3.70. The standard InChI is InChI=1S/C13H15F3N2O2/c14-13(15,16)10-4-1-8(2-5-10)9-3-6-11(7-9)18(20)12(17)19/h1-2,4-5,9,11,20H,3,6-7H2,(H2,17,19)/t9-,11+/m0/s1. The molecule has 2 atom stereocenters. The smallest absolute Gasteiger partial charge is 0.350 e. The Balaban J connectivity index is 2.05. The molecular formula is C13H15F3N2O2. The molecule has 0 spiro atoms. The number of halogens is 3. The molecule has 7 heteroatoms. The predicted molar refractivity (Wildman–Crippen MR) is 65.0 cm³/mol. The number of hydroxylamine groups is 2. The Morgan fingerprint density at radius 1 is 1.25 bits per heavy atom. The topological polar surface area (TPSA) is 66.6 Å². The quantitative estimate of drug-likeness (QED) is 0.648. The third-order valence-corrected chi connectivity index (χ3v) is 3.69. The fraction of sp³-hybridized carbons (Fsp3) is 0.462. The first kappa shape index (κ1) is 14.6. The van der Waals surface area contributed by atoms with Crippen LogP contribution in [0.4, 0.5) is 18.0 Å². The maximum absolute atomic E-state index is 12.5. The molecule has 0 unspecified atom stereocenters. The second-order valence-electron chi connectivity index (χ2n) is 4.97. The van der Waals surface area contributed by atoms with Gasteiger partial charge >= 0.3 is 12.2 Å². The molecule has 1 aliphatic carbocycles. The van der Waals surface area contributed by atoms with Crippen molar-refractivity contribution in [3.8, 4) is 0 Å². The molecule has 1 fully saturated rings. The van der Waals surface area contributed by atoms with Gasteiger partial charge in [-0.15, -0.1) is 0 Å². The Morgan fingerprint density at radius 3 is 2.35 bits per heavy atom. The van der Waals surface area contributed by atoms with Crippen molar-refractivity contribution in [2.24, 2.45) is 5.73 Å². The van der Waals surface area contributed by atoms with E-state index in [0.29, 0.717) is 24.3 Å². The number of nitrogens with zero attached hydrogens (tertiary/aromatic N) is 1. The summed E-state index contributed by atoms with van der Waals surface area (Å²) in [7, 11) is 0. The maximum Gasteiger partial charge on any atom is 0.416 e. The fourth-order valence-corrected chi connectivity index (χ4v) is 2.61. The van der Waals surface area contributed by atoms with E-state index in [1.807, 2.05) is 0 Å². The Hall–Kier alpha value is -1.76. The van der Waals surface area contributed by atoms with Crippen LogP contribution in [0.1, 0.15) is 36.3 Å². The van der Waals surface area contributed by atoms with Crippen molar-refractivity contribution < 1.29 is 23.2 Å². The zero-order valence-corrected chi connectivity index (χ0v) is 10.6. The number of rotatable bonds is 2. The second-order valence-corrected chi connectivity index (χ2v) is 4.97. The lowest BCUT2D eigenvalue weighted by atomic mass is 9.96. The summed E-state index contributed by atoms with van der Waals surface area (Å²) in [5.74, 6) is 0.0243. The van der Waals surface area contributed by atoms with Gasteiger partial charge in [-0.05, 0) is 42.9 Å². The third kappa shape index (κ3) is 3.04. The minimum Gasteiger partial charge on any atom is -0.350 e. The monoisotopic (exact) mass is 288 g/mol. The first-order valence-electron chi connectivity index (χ1n) is 6.23. The molecule has 110 valence electrons. The van der Waals surface area contributed by atoms with E-state index in [1.165, 1.54) is 12.1 Å². The summed E-state index contributed by atoms with van der Waals surface area (Å²) in [6.07, 6.45) is -2.58. The Labute approximate surface area is 113 Å². The van der Waals surface area contributed by atoms with Crippen LogP contribution in [-0.2, 0) is 6.18 Å². The third-order valence-electron chi connectivity index (χ3n) is 3.69. The largest absolute Gasteiger partial charge is 0.416 e. The Morgan fingerprint density at radius 2 is 1.85 bits per heavy atom. The average molecular weight is 288 g/mol. The number of urea groups is 1. The number of benzene rings is 1. The van der Waals surface area contributed by atoms with Crippen molar-refractivity contribution in [1.29, 1.82) is 0 Å². The van der Waals surface area contributed by atoms with Gasteiger partial charge in [-0.25, -0.2) is 9.86 Å². The van der Waals surface area contributed by atoms with Gasteiger partial charge in [-0.2, -0.15) is 13.2 Å². The summed E-state index contributed by atoms with van der Waals surface area (Å²) >= 11 is 0. The van der Waals surface area contributed by atoms with E-state index in [-0.39, 0.29) is 12.0 Å². The number of amides is 2. The lowest BCUT2D eigenvalue weighted by Crippen LogP contribution is -2.39. The highest BCUT2D eigenvalue weighted by Crippen LogP contribution is 2.37. The predicted octanol–water partition coefficient (Wildman–Crippen LogP) is 3.11. The summed E-state index contributed by atoms with van der Waals surface area (Å²) in [4.78, 5) is 10.9. The first-order valence-corrected chi connectivity index (χ1v) is 6.23. The SMILES string of the molecule is NC(=O)N(O)[C@@H]1CC[C@H](c2ccc(C(F)(F)F)cc2)C1. The molecule has 1 aromatic carbocycles. The maximum atomic E-state index is 12.5. The van der Waals surface area contributed by atoms with Crippen LogP contribution in [0, 0.1) is 0 Å². The minimum absolute atomic E-state index is 0.0243. The molecule has 0 heterocycles. The zero-order chi connectivity index (χ0) is 14.9. The Bertz CT molecular complexity index is 487. The molecule has 1 saturated carbocycles. The molecule has 0 bridgehead atoms. The molecule has 0 aliphatic heterocycles. The van der Waals surface area contributed by atoms with Crippen molar-refractivity contribution in [2.75, 3.05) is 0 Å². The molecule has 0 aromatic heterocycles. The molecule has 1 aromatic rings. The van der Waals surface area contributed by atoms with E-state index >= 15 is 0 Å². The molecule has 4 nitrogen and oxygen atoms in total. The van der Waals surface area contributed by atoms with Gasteiger partial charge in [-0.3, -0.25) is 5.21 Å². The molecule has 2 amide bonds. The molecule has 2 rings (SSSR count). The van der Waals surface area contributed by atoms with Crippen LogP contribution < -0.4 is 5.73 Å². The molecule has 1 aliphatic rings. The number of nitrogens with two attached hydrogens (primary N) is 1. The van der Waals surface area contributed by atoms with Crippen molar-refractivity contribution >= 4 is 6.03 Å². The van der Waals surface area contributed by atoms with Crippen LogP contribution >= 0.6 is 0 Å². The summed E-state index contributed by atoms with van der Waals surface area (Å²) in [5.41, 5.74) is 5.07. The van der Waals surface area contributed by atoms with E-state index in [9.17, 15) is 23.2 Å². The van der Waals surface area contributed by atoms with Crippen molar-refractivity contribution in [1.82, 2.24) is 5.06 Å².